The second-order valence-electron chi connectivity index (χ2n) is 2.72. The van der Waals surface area contributed by atoms with Crippen molar-refractivity contribution in [3.8, 4) is 0 Å². The highest BCUT2D eigenvalue weighted by Crippen LogP contribution is 2.10. The number of nitrogens with zero attached hydrogens (tertiary/aromatic N) is 1. The minimum Gasteiger partial charge on any atom is -0.387 e. The second kappa shape index (κ2) is 3.89. The van der Waals surface area contributed by atoms with Crippen LogP contribution in [0.3, 0.4) is 0 Å². The molecule has 70 valence electrons. The molecule has 0 fully saturated rings. The SMILES string of the molecule is CNC(=O)c1ncc(NC)cc1C. The molecule has 0 aliphatic carbocycles. The van der Waals surface area contributed by atoms with Gasteiger partial charge in [-0.15, -0.1) is 0 Å². The predicted molar refractivity (Wildman–Crippen MR) is 51.9 cm³/mol. The van der Waals surface area contributed by atoms with E-state index in [1.165, 1.54) is 0 Å². The molecule has 0 spiro atoms. The highest BCUT2D eigenvalue weighted by atomic mass is 16.1. The number of carbonyl (C=O) groups is 1. The Morgan fingerprint density at radius 2 is 2.15 bits per heavy atom. The lowest BCUT2D eigenvalue weighted by Gasteiger charge is -2.05. The zero-order valence-corrected chi connectivity index (χ0v) is 8.01. The predicted octanol–water partition coefficient (Wildman–Crippen LogP) is 0.791. The van der Waals surface area contributed by atoms with Crippen LogP contribution in [0.25, 0.3) is 0 Å². The largest absolute Gasteiger partial charge is 0.387 e. The third kappa shape index (κ3) is 1.96. The molecule has 1 aromatic rings. The third-order valence-corrected chi connectivity index (χ3v) is 1.81. The van der Waals surface area contributed by atoms with Crippen LogP contribution in [-0.4, -0.2) is 25.0 Å². The van der Waals surface area contributed by atoms with Crippen LogP contribution in [0.5, 0.6) is 0 Å². The Balaban J connectivity index is 3.05. The van der Waals surface area contributed by atoms with Crippen molar-refractivity contribution >= 4 is 11.6 Å². The van der Waals surface area contributed by atoms with E-state index in [1.54, 1.807) is 13.2 Å². The molecule has 0 unspecified atom stereocenters. The molecule has 0 atom stereocenters. The maximum absolute atomic E-state index is 11.2. The number of aromatic nitrogens is 1. The molecule has 0 aromatic carbocycles. The van der Waals surface area contributed by atoms with E-state index < -0.39 is 0 Å². The van der Waals surface area contributed by atoms with Crippen molar-refractivity contribution in [2.24, 2.45) is 0 Å². The van der Waals surface area contributed by atoms with Gasteiger partial charge in [-0.3, -0.25) is 4.79 Å². The zero-order valence-electron chi connectivity index (χ0n) is 8.01. The summed E-state index contributed by atoms with van der Waals surface area (Å²) >= 11 is 0. The Morgan fingerprint density at radius 1 is 1.46 bits per heavy atom. The summed E-state index contributed by atoms with van der Waals surface area (Å²) in [5, 5.41) is 5.50. The van der Waals surface area contributed by atoms with Gasteiger partial charge in [0, 0.05) is 14.1 Å². The van der Waals surface area contributed by atoms with Gasteiger partial charge in [0.1, 0.15) is 5.69 Å². The number of carbonyl (C=O) groups excluding carboxylic acids is 1. The highest BCUT2D eigenvalue weighted by molar-refractivity contribution is 5.93. The van der Waals surface area contributed by atoms with E-state index >= 15 is 0 Å². The van der Waals surface area contributed by atoms with Crippen LogP contribution in [0, 0.1) is 6.92 Å². The first-order valence-electron chi connectivity index (χ1n) is 4.05. The Bertz CT molecular complexity index is 323. The first kappa shape index (κ1) is 9.51. The van der Waals surface area contributed by atoms with Gasteiger partial charge in [0.2, 0.25) is 0 Å². The molecule has 0 saturated carbocycles. The molecule has 4 heteroatoms. The van der Waals surface area contributed by atoms with Crippen LogP contribution >= 0.6 is 0 Å². The molecule has 2 N–H and O–H groups in total. The highest BCUT2D eigenvalue weighted by Gasteiger charge is 2.08. The minimum absolute atomic E-state index is 0.153. The maximum Gasteiger partial charge on any atom is 0.269 e. The van der Waals surface area contributed by atoms with Gasteiger partial charge in [-0.1, -0.05) is 0 Å². The van der Waals surface area contributed by atoms with Crippen molar-refractivity contribution < 1.29 is 4.79 Å². The lowest BCUT2D eigenvalue weighted by atomic mass is 10.2. The van der Waals surface area contributed by atoms with Gasteiger partial charge >= 0.3 is 0 Å². The van der Waals surface area contributed by atoms with Gasteiger partial charge < -0.3 is 10.6 Å². The molecule has 4 nitrogen and oxygen atoms in total. The first-order chi connectivity index (χ1) is 6.19. The summed E-state index contributed by atoms with van der Waals surface area (Å²) in [7, 11) is 3.41. The lowest BCUT2D eigenvalue weighted by Crippen LogP contribution is -2.20. The monoisotopic (exact) mass is 179 g/mol. The van der Waals surface area contributed by atoms with E-state index in [2.05, 4.69) is 15.6 Å². The molecule has 13 heavy (non-hydrogen) atoms. The Labute approximate surface area is 77.4 Å². The summed E-state index contributed by atoms with van der Waals surface area (Å²) in [5.74, 6) is -0.153. The summed E-state index contributed by atoms with van der Waals surface area (Å²) in [6.45, 7) is 1.86. The number of nitrogens with one attached hydrogen (secondary N) is 2. The van der Waals surface area contributed by atoms with E-state index in [4.69, 9.17) is 0 Å². The lowest BCUT2D eigenvalue weighted by molar-refractivity contribution is 0.0957. The van der Waals surface area contributed by atoms with Crippen LogP contribution in [0.2, 0.25) is 0 Å². The van der Waals surface area contributed by atoms with E-state index in [-0.39, 0.29) is 5.91 Å². The number of anilines is 1. The van der Waals surface area contributed by atoms with Gasteiger partial charge in [-0.2, -0.15) is 0 Å². The quantitative estimate of drug-likeness (QED) is 0.705. The molecule has 0 saturated heterocycles. The molecule has 1 amide bonds. The second-order valence-corrected chi connectivity index (χ2v) is 2.72. The van der Waals surface area contributed by atoms with Gasteiger partial charge in [-0.25, -0.2) is 4.98 Å². The van der Waals surface area contributed by atoms with Crippen LogP contribution in [0.4, 0.5) is 5.69 Å². The van der Waals surface area contributed by atoms with E-state index in [1.807, 2.05) is 20.0 Å². The number of hydrogen-bond acceptors (Lipinski definition) is 3. The molecule has 1 heterocycles. The average molecular weight is 179 g/mol. The fraction of sp³-hybridized carbons (Fsp3) is 0.333. The molecule has 0 bridgehead atoms. The van der Waals surface area contributed by atoms with Gasteiger partial charge in [0.15, 0.2) is 0 Å². The summed E-state index contributed by atoms with van der Waals surface area (Å²) in [6.07, 6.45) is 1.64. The summed E-state index contributed by atoms with van der Waals surface area (Å²) in [5.41, 5.74) is 2.25. The fourth-order valence-electron chi connectivity index (χ4n) is 1.07. The number of hydrogen-bond donors (Lipinski definition) is 2. The minimum atomic E-state index is -0.153. The Hall–Kier alpha value is -1.58. The summed E-state index contributed by atoms with van der Waals surface area (Å²) in [6, 6.07) is 1.89. The normalized spacial score (nSPS) is 9.46. The Kier molecular flexibility index (Phi) is 2.84. The van der Waals surface area contributed by atoms with E-state index in [0.29, 0.717) is 5.69 Å². The Morgan fingerprint density at radius 3 is 2.62 bits per heavy atom. The molecule has 1 rings (SSSR count). The summed E-state index contributed by atoms with van der Waals surface area (Å²) in [4.78, 5) is 15.3. The van der Waals surface area contributed by atoms with E-state index in [0.717, 1.165) is 11.3 Å². The van der Waals surface area contributed by atoms with Crippen molar-refractivity contribution in [2.75, 3.05) is 19.4 Å². The molecular formula is C9H13N3O. The van der Waals surface area contributed by atoms with Crippen molar-refractivity contribution in [1.29, 1.82) is 0 Å². The van der Waals surface area contributed by atoms with Gasteiger partial charge in [0.05, 0.1) is 11.9 Å². The van der Waals surface area contributed by atoms with Crippen LogP contribution in [-0.2, 0) is 0 Å². The van der Waals surface area contributed by atoms with Gasteiger partial charge in [0.25, 0.3) is 5.91 Å². The van der Waals surface area contributed by atoms with Crippen LogP contribution in [0.15, 0.2) is 12.3 Å². The molecule has 0 aliphatic heterocycles. The molecular weight excluding hydrogens is 166 g/mol. The molecule has 1 aromatic heterocycles. The molecule has 0 radical (unpaired) electrons. The number of aryl methyl sites for hydroxylation is 1. The average Bonchev–Trinajstić information content (AvgIpc) is 2.16. The standard InChI is InChI=1S/C9H13N3O/c1-6-4-7(10-2)5-12-8(6)9(13)11-3/h4-5,10H,1-3H3,(H,11,13). The van der Waals surface area contributed by atoms with Crippen molar-refractivity contribution in [2.45, 2.75) is 6.92 Å². The number of rotatable bonds is 2. The zero-order chi connectivity index (χ0) is 9.84. The topological polar surface area (TPSA) is 54.0 Å². The number of pyridine rings is 1. The van der Waals surface area contributed by atoms with Crippen LogP contribution < -0.4 is 10.6 Å². The fourth-order valence-corrected chi connectivity index (χ4v) is 1.07. The summed E-state index contributed by atoms with van der Waals surface area (Å²) < 4.78 is 0. The van der Waals surface area contributed by atoms with Crippen molar-refractivity contribution in [3.63, 3.8) is 0 Å². The van der Waals surface area contributed by atoms with E-state index in [9.17, 15) is 4.79 Å². The van der Waals surface area contributed by atoms with Crippen LogP contribution in [0.1, 0.15) is 16.1 Å². The van der Waals surface area contributed by atoms with Crippen molar-refractivity contribution in [1.82, 2.24) is 10.3 Å². The smallest absolute Gasteiger partial charge is 0.269 e. The van der Waals surface area contributed by atoms with Crippen molar-refractivity contribution in [3.05, 3.63) is 23.5 Å². The first-order valence-corrected chi connectivity index (χ1v) is 4.05. The third-order valence-electron chi connectivity index (χ3n) is 1.81. The van der Waals surface area contributed by atoms with Gasteiger partial charge in [-0.05, 0) is 18.6 Å². The molecule has 0 aliphatic rings. The number of amides is 1. The maximum atomic E-state index is 11.2.